The van der Waals surface area contributed by atoms with E-state index in [1.807, 2.05) is 0 Å². The zero-order chi connectivity index (χ0) is 9.19. The largest absolute Gasteiger partial charge is 0.463 e. The van der Waals surface area contributed by atoms with E-state index in [1.165, 1.54) is 0 Å². The van der Waals surface area contributed by atoms with Crippen LogP contribution >= 0.6 is 0 Å². The van der Waals surface area contributed by atoms with Crippen LogP contribution in [0.1, 0.15) is 13.8 Å². The minimum absolute atomic E-state index is 0.265. The second kappa shape index (κ2) is 3.31. The lowest BCUT2D eigenvalue weighted by Gasteiger charge is -2.26. The van der Waals surface area contributed by atoms with Crippen LogP contribution in [0.15, 0.2) is 4.99 Å². The van der Waals surface area contributed by atoms with Crippen molar-refractivity contribution in [3.63, 3.8) is 0 Å². The Kier molecular flexibility index (Phi) is 2.57. The van der Waals surface area contributed by atoms with Gasteiger partial charge in [-0.25, -0.2) is 4.99 Å². The highest BCUT2D eigenvalue weighted by atomic mass is 16.5. The zero-order valence-electron chi connectivity index (χ0n) is 7.83. The number of nitrogens with two attached hydrogens (primary N) is 1. The Labute approximate surface area is 72.8 Å². The minimum atomic E-state index is -0.265. The van der Waals surface area contributed by atoms with Gasteiger partial charge < -0.3 is 15.2 Å². The zero-order valence-corrected chi connectivity index (χ0v) is 7.83. The van der Waals surface area contributed by atoms with Crippen LogP contribution in [-0.4, -0.2) is 31.9 Å². The van der Waals surface area contributed by atoms with Gasteiger partial charge in [0.1, 0.15) is 12.1 Å². The van der Waals surface area contributed by atoms with Crippen LogP contribution in [0.5, 0.6) is 0 Å². The first-order chi connectivity index (χ1) is 5.60. The van der Waals surface area contributed by atoms with Crippen molar-refractivity contribution >= 4 is 6.02 Å². The Balaban J connectivity index is 2.74. The second-order valence-electron chi connectivity index (χ2n) is 3.43. The number of rotatable bonds is 3. The van der Waals surface area contributed by atoms with E-state index < -0.39 is 0 Å². The molecule has 1 aliphatic heterocycles. The molecule has 0 saturated heterocycles. The normalized spacial score (nSPS) is 28.8. The van der Waals surface area contributed by atoms with Gasteiger partial charge in [0, 0.05) is 7.11 Å². The monoisotopic (exact) mass is 172 g/mol. The number of nitrogens with zero attached hydrogens (tertiary/aromatic N) is 1. The molecule has 0 aliphatic carbocycles. The van der Waals surface area contributed by atoms with Crippen LogP contribution in [-0.2, 0) is 9.47 Å². The van der Waals surface area contributed by atoms with E-state index in [0.717, 1.165) is 0 Å². The molecule has 0 saturated carbocycles. The summed E-state index contributed by atoms with van der Waals surface area (Å²) in [6, 6.07) is 0.278. The highest BCUT2D eigenvalue weighted by molar-refractivity contribution is 5.73. The molecule has 12 heavy (non-hydrogen) atoms. The van der Waals surface area contributed by atoms with E-state index in [9.17, 15) is 0 Å². The highest BCUT2D eigenvalue weighted by Gasteiger charge is 2.39. The van der Waals surface area contributed by atoms with Crippen molar-refractivity contribution in [3.05, 3.63) is 0 Å². The molecular formula is C8H16N2O2. The van der Waals surface area contributed by atoms with Crippen molar-refractivity contribution in [2.75, 3.05) is 20.3 Å². The fourth-order valence-corrected chi connectivity index (χ4v) is 1.27. The van der Waals surface area contributed by atoms with E-state index in [2.05, 4.69) is 18.8 Å². The molecule has 0 spiro atoms. The molecule has 0 aromatic heterocycles. The molecule has 1 heterocycles. The molecule has 1 aliphatic rings. The third-order valence-electron chi connectivity index (χ3n) is 2.27. The molecule has 2 N–H and O–H groups in total. The van der Waals surface area contributed by atoms with Crippen LogP contribution in [0.3, 0.4) is 0 Å². The van der Waals surface area contributed by atoms with E-state index in [4.69, 9.17) is 15.2 Å². The number of methoxy groups -OCH3 is 1. The highest BCUT2D eigenvalue weighted by Crippen LogP contribution is 2.26. The number of hydrogen-bond donors (Lipinski definition) is 1. The molecule has 4 heteroatoms. The second-order valence-corrected chi connectivity index (χ2v) is 3.43. The van der Waals surface area contributed by atoms with Gasteiger partial charge in [0.15, 0.2) is 0 Å². The fourth-order valence-electron chi connectivity index (χ4n) is 1.27. The van der Waals surface area contributed by atoms with Crippen molar-refractivity contribution in [1.82, 2.24) is 0 Å². The van der Waals surface area contributed by atoms with E-state index in [-0.39, 0.29) is 11.6 Å². The quantitative estimate of drug-likeness (QED) is 0.669. The van der Waals surface area contributed by atoms with Crippen LogP contribution in [0.4, 0.5) is 0 Å². The minimum Gasteiger partial charge on any atom is -0.463 e. The Morgan fingerprint density at radius 2 is 2.42 bits per heavy atom. The summed E-state index contributed by atoms with van der Waals surface area (Å²) in [7, 11) is 1.66. The Morgan fingerprint density at radius 3 is 2.75 bits per heavy atom. The lowest BCUT2D eigenvalue weighted by Crippen LogP contribution is -2.39. The summed E-state index contributed by atoms with van der Waals surface area (Å²) in [6.07, 6.45) is 0. The molecule has 1 unspecified atom stereocenters. The maximum absolute atomic E-state index is 5.45. The molecule has 0 aromatic carbocycles. The maximum Gasteiger partial charge on any atom is 0.282 e. The molecule has 0 aromatic rings. The van der Waals surface area contributed by atoms with Crippen molar-refractivity contribution in [2.24, 2.45) is 16.6 Å². The summed E-state index contributed by atoms with van der Waals surface area (Å²) in [5, 5.41) is 0. The molecule has 70 valence electrons. The molecule has 4 nitrogen and oxygen atoms in total. The Morgan fingerprint density at radius 1 is 1.75 bits per heavy atom. The topological polar surface area (TPSA) is 56.8 Å². The fraction of sp³-hybridized carbons (Fsp3) is 0.875. The summed E-state index contributed by atoms with van der Waals surface area (Å²) < 4.78 is 10.2. The van der Waals surface area contributed by atoms with Crippen molar-refractivity contribution < 1.29 is 9.47 Å². The predicted molar refractivity (Wildman–Crippen MR) is 47.0 cm³/mol. The molecule has 0 amide bonds. The molecule has 0 fully saturated rings. The summed E-state index contributed by atoms with van der Waals surface area (Å²) in [5.74, 6) is 0.374. The summed E-state index contributed by atoms with van der Waals surface area (Å²) >= 11 is 0. The summed E-state index contributed by atoms with van der Waals surface area (Å²) in [5.41, 5.74) is 5.19. The Bertz CT molecular complexity index is 191. The first-order valence-electron chi connectivity index (χ1n) is 4.08. The van der Waals surface area contributed by atoms with Crippen LogP contribution in [0, 0.1) is 5.92 Å². The van der Waals surface area contributed by atoms with Crippen LogP contribution < -0.4 is 5.73 Å². The summed E-state index contributed by atoms with van der Waals surface area (Å²) in [6.45, 7) is 5.27. The van der Waals surface area contributed by atoms with Crippen molar-refractivity contribution in [3.8, 4) is 0 Å². The summed E-state index contributed by atoms with van der Waals surface area (Å²) in [4.78, 5) is 4.26. The first kappa shape index (κ1) is 9.32. The Hall–Kier alpha value is -0.770. The van der Waals surface area contributed by atoms with Crippen molar-refractivity contribution in [1.29, 1.82) is 0 Å². The van der Waals surface area contributed by atoms with Crippen LogP contribution in [0.25, 0.3) is 0 Å². The lowest BCUT2D eigenvalue weighted by molar-refractivity contribution is 0.0848. The van der Waals surface area contributed by atoms with Crippen LogP contribution in [0.2, 0.25) is 0 Å². The average Bonchev–Trinajstić information content (AvgIpc) is 2.34. The van der Waals surface area contributed by atoms with Gasteiger partial charge in [-0.3, -0.25) is 0 Å². The van der Waals surface area contributed by atoms with E-state index in [0.29, 0.717) is 19.1 Å². The third kappa shape index (κ3) is 1.53. The van der Waals surface area contributed by atoms with Gasteiger partial charge in [0.05, 0.1) is 6.61 Å². The lowest BCUT2D eigenvalue weighted by atomic mass is 9.89. The van der Waals surface area contributed by atoms with Gasteiger partial charge in [-0.1, -0.05) is 13.8 Å². The predicted octanol–water partition coefficient (Wildman–Crippen LogP) is 0.373. The number of ether oxygens (including phenoxy) is 2. The molecule has 0 radical (unpaired) electrons. The molecule has 1 rings (SSSR count). The number of aliphatic imine (C=N–C) groups is 1. The molecular weight excluding hydrogens is 156 g/mol. The van der Waals surface area contributed by atoms with Crippen molar-refractivity contribution in [2.45, 2.75) is 19.4 Å². The molecule has 0 bridgehead atoms. The van der Waals surface area contributed by atoms with E-state index >= 15 is 0 Å². The number of amidine groups is 1. The maximum atomic E-state index is 5.45. The average molecular weight is 172 g/mol. The van der Waals surface area contributed by atoms with Gasteiger partial charge in [-0.2, -0.15) is 0 Å². The first-order valence-corrected chi connectivity index (χ1v) is 4.08. The van der Waals surface area contributed by atoms with Gasteiger partial charge in [-0.15, -0.1) is 0 Å². The van der Waals surface area contributed by atoms with Gasteiger partial charge in [0.25, 0.3) is 6.02 Å². The van der Waals surface area contributed by atoms with Gasteiger partial charge >= 0.3 is 0 Å². The van der Waals surface area contributed by atoms with Gasteiger partial charge in [0.2, 0.25) is 0 Å². The standard InChI is InChI=1S/C8H16N2O2/c1-6(2)8(4-11-3)5-12-7(9)10-8/h6H,4-5H2,1-3H3,(H2,9,10). The SMILES string of the molecule is COCC1(C(C)C)COC(N)=N1. The third-order valence-corrected chi connectivity index (χ3v) is 2.27. The number of hydrogen-bond acceptors (Lipinski definition) is 4. The van der Waals surface area contributed by atoms with Gasteiger partial charge in [-0.05, 0) is 5.92 Å². The van der Waals surface area contributed by atoms with E-state index in [1.54, 1.807) is 7.11 Å². The molecule has 1 atom stereocenters. The smallest absolute Gasteiger partial charge is 0.282 e.